The van der Waals surface area contributed by atoms with E-state index in [1.165, 1.54) is 0 Å². The summed E-state index contributed by atoms with van der Waals surface area (Å²) in [6.07, 6.45) is 6.30. The molecule has 1 N–H and O–H groups in total. The molecule has 7 rings (SSSR count). The number of halogens is 2. The predicted octanol–water partition coefficient (Wildman–Crippen LogP) is 15.5. The Balaban J connectivity index is 1.17. The van der Waals surface area contributed by atoms with Gasteiger partial charge in [-0.1, -0.05) is 175 Å². The summed E-state index contributed by atoms with van der Waals surface area (Å²) in [6, 6.07) is 44.9. The number of hydrogen-bond donors (Lipinski definition) is 1. The fraction of sp³-hybridized carbons (Fsp3) is 0.485. The van der Waals surface area contributed by atoms with Gasteiger partial charge in [-0.05, 0) is 133 Å². The van der Waals surface area contributed by atoms with Crippen LogP contribution in [0.1, 0.15) is 101 Å². The summed E-state index contributed by atoms with van der Waals surface area (Å²) in [5, 5.41) is 12.5. The van der Waals surface area contributed by atoms with Crippen LogP contribution in [0.25, 0.3) is 0 Å². The molecule has 0 aliphatic carbocycles. The van der Waals surface area contributed by atoms with E-state index in [0.717, 1.165) is 54.5 Å². The maximum Gasteiger partial charge on any atom is 0.192 e. The van der Waals surface area contributed by atoms with Gasteiger partial charge >= 0.3 is 0 Å². The number of aliphatic hydroxyl groups excluding tert-OH is 1. The number of rotatable bonds is 25. The first-order chi connectivity index (χ1) is 38.0. The molecule has 428 valence electrons. The minimum absolute atomic E-state index is 0.0346. The highest BCUT2D eigenvalue weighted by Gasteiger charge is 2.42. The van der Waals surface area contributed by atoms with Gasteiger partial charge in [-0.3, -0.25) is 0 Å². The third-order valence-corrected chi connectivity index (χ3v) is 21.2. The standard InChI is InChI=1S/C66H86Br2O10Si/c1-47-37-61(74-44-53-28-34-56(70-6)35-29-53)63(77-65(46-72-41-51-24-30-54(67)31-25-51)62(38-47)75-43-52-26-32-55(68)33-27-52)39-57(69)48(2)23-36-59-60(78-79(7,8)66(3,4)5)22-16-15-21-58(73-42-50-19-13-10-14-20-50)64(76-59)45-71-40-49-17-11-9-12-18-49/h9-20,23-35,47,57-65,69H,21-22,36-46H2,1-8H3/b16-15-,48-23+/t47-,57+,58+,59+,60-,61+,62-,63-,64-,65+/m0/s1. The van der Waals surface area contributed by atoms with Gasteiger partial charge in [0.25, 0.3) is 0 Å². The Labute approximate surface area is 489 Å². The average Bonchev–Trinajstić information content (AvgIpc) is 3.52. The Hall–Kier alpha value is -3.80. The highest BCUT2D eigenvalue weighted by molar-refractivity contribution is 9.10. The lowest BCUT2D eigenvalue weighted by Crippen LogP contribution is -2.49. The minimum Gasteiger partial charge on any atom is -0.497 e. The van der Waals surface area contributed by atoms with Gasteiger partial charge in [-0.25, -0.2) is 0 Å². The minimum atomic E-state index is -2.30. The van der Waals surface area contributed by atoms with Crippen molar-refractivity contribution in [3.63, 3.8) is 0 Å². The van der Waals surface area contributed by atoms with E-state index in [4.69, 9.17) is 42.3 Å². The zero-order chi connectivity index (χ0) is 56.2. The zero-order valence-corrected chi connectivity index (χ0v) is 51.9. The van der Waals surface area contributed by atoms with E-state index < -0.39 is 32.7 Å². The molecule has 5 aromatic rings. The first-order valence-electron chi connectivity index (χ1n) is 28.2. The maximum atomic E-state index is 12.6. The second kappa shape index (κ2) is 31.6. The van der Waals surface area contributed by atoms with Crippen LogP contribution >= 0.6 is 31.9 Å². The third kappa shape index (κ3) is 20.5. The molecule has 2 aliphatic rings. The van der Waals surface area contributed by atoms with Crippen molar-refractivity contribution in [1.82, 2.24) is 0 Å². The summed E-state index contributed by atoms with van der Waals surface area (Å²) in [4.78, 5) is 0. The molecule has 0 spiro atoms. The first kappa shape index (κ1) is 62.8. The molecule has 0 radical (unpaired) electrons. The smallest absolute Gasteiger partial charge is 0.192 e. The van der Waals surface area contributed by atoms with Gasteiger partial charge < -0.3 is 47.4 Å². The SMILES string of the molecule is COc1ccc(CO[C@@H]2C[C@H](C)C[C@H](OCc3ccc(Br)cc3)[C@@H](COCc3ccc(Br)cc3)O[C@H]2C[C@@H](O)/C(C)=C/C[C@H]2O[C@@H](COCc3ccccc3)[C@H](OCc3ccccc3)C/C=C\C[C@@H]2O[Si](C)(C)C(C)(C)C)cc1. The number of hydrogen-bond acceptors (Lipinski definition) is 10. The van der Waals surface area contributed by atoms with Crippen molar-refractivity contribution in [2.75, 3.05) is 20.3 Å². The fourth-order valence-corrected chi connectivity index (χ4v) is 11.6. The van der Waals surface area contributed by atoms with E-state index in [-0.39, 0.29) is 54.5 Å². The average molecular weight is 1230 g/mol. The second-order valence-electron chi connectivity index (χ2n) is 22.9. The van der Waals surface area contributed by atoms with E-state index >= 15 is 0 Å². The molecule has 0 bridgehead atoms. The maximum absolute atomic E-state index is 12.6. The molecule has 79 heavy (non-hydrogen) atoms. The molecule has 0 saturated carbocycles. The van der Waals surface area contributed by atoms with Crippen molar-refractivity contribution in [3.05, 3.63) is 194 Å². The van der Waals surface area contributed by atoms with Gasteiger partial charge in [0.15, 0.2) is 8.32 Å². The summed E-state index contributed by atoms with van der Waals surface area (Å²) in [7, 11) is -0.633. The van der Waals surface area contributed by atoms with Gasteiger partial charge in [0.1, 0.15) is 18.0 Å². The summed E-state index contributed by atoms with van der Waals surface area (Å²) >= 11 is 7.15. The van der Waals surface area contributed by atoms with Crippen LogP contribution in [0.2, 0.25) is 18.1 Å². The Bertz CT molecular complexity index is 2580. The third-order valence-electron chi connectivity index (χ3n) is 15.6. The van der Waals surface area contributed by atoms with Crippen molar-refractivity contribution in [2.45, 2.75) is 179 Å². The Kier molecular flexibility index (Phi) is 25.1. The molecule has 2 aliphatic heterocycles. The van der Waals surface area contributed by atoms with Crippen molar-refractivity contribution in [3.8, 4) is 5.75 Å². The van der Waals surface area contributed by atoms with Crippen LogP contribution in [0.5, 0.6) is 5.75 Å². The van der Waals surface area contributed by atoms with Gasteiger partial charge in [0.2, 0.25) is 0 Å². The van der Waals surface area contributed by atoms with Crippen molar-refractivity contribution < 1.29 is 47.4 Å². The second-order valence-corrected chi connectivity index (χ2v) is 29.5. The van der Waals surface area contributed by atoms with Crippen LogP contribution in [0, 0.1) is 5.92 Å². The van der Waals surface area contributed by atoms with Gasteiger partial charge in [0, 0.05) is 15.4 Å². The lowest BCUT2D eigenvalue weighted by atomic mass is 9.88. The number of ether oxygens (including phenoxy) is 8. The summed E-state index contributed by atoms with van der Waals surface area (Å²) in [5.41, 5.74) is 6.15. The predicted molar refractivity (Wildman–Crippen MR) is 324 cm³/mol. The monoisotopic (exact) mass is 1220 g/mol. The largest absolute Gasteiger partial charge is 0.497 e. The summed E-state index contributed by atoms with van der Waals surface area (Å²) in [6.45, 7) is 18.4. The lowest BCUT2D eigenvalue weighted by Gasteiger charge is -2.42. The molecule has 13 heteroatoms. The van der Waals surface area contributed by atoms with Crippen molar-refractivity contribution >= 4 is 40.2 Å². The van der Waals surface area contributed by atoms with E-state index in [1.54, 1.807) is 7.11 Å². The highest BCUT2D eigenvalue weighted by Crippen LogP contribution is 2.40. The normalized spacial score (nSPS) is 24.3. The van der Waals surface area contributed by atoms with Crippen LogP contribution in [0.4, 0.5) is 0 Å². The first-order valence-corrected chi connectivity index (χ1v) is 32.7. The Morgan fingerprint density at radius 3 is 1.54 bits per heavy atom. The summed E-state index contributed by atoms with van der Waals surface area (Å²) < 4.78 is 63.0. The van der Waals surface area contributed by atoms with Crippen molar-refractivity contribution in [2.24, 2.45) is 5.92 Å². The van der Waals surface area contributed by atoms with Crippen molar-refractivity contribution in [1.29, 1.82) is 0 Å². The molecule has 10 nitrogen and oxygen atoms in total. The van der Waals surface area contributed by atoms with Gasteiger partial charge in [-0.2, -0.15) is 0 Å². The van der Waals surface area contributed by atoms with Crippen LogP contribution < -0.4 is 4.74 Å². The lowest BCUT2D eigenvalue weighted by molar-refractivity contribution is -0.191. The molecule has 5 aromatic carbocycles. The summed E-state index contributed by atoms with van der Waals surface area (Å²) in [5.74, 6) is 0.982. The van der Waals surface area contributed by atoms with Crippen LogP contribution in [-0.2, 0) is 70.6 Å². The number of benzene rings is 5. The molecule has 0 amide bonds. The van der Waals surface area contributed by atoms with Gasteiger partial charge in [-0.15, -0.1) is 0 Å². The quantitative estimate of drug-likeness (QED) is 0.0449. The highest BCUT2D eigenvalue weighted by atomic mass is 79.9. The molecule has 0 unspecified atom stereocenters. The van der Waals surface area contributed by atoms with Crippen LogP contribution in [0.15, 0.2) is 166 Å². The van der Waals surface area contributed by atoms with E-state index in [0.29, 0.717) is 65.3 Å². The van der Waals surface area contributed by atoms with E-state index in [2.05, 4.69) is 139 Å². The van der Waals surface area contributed by atoms with E-state index in [9.17, 15) is 5.11 Å². The Morgan fingerprint density at radius 2 is 1.03 bits per heavy atom. The van der Waals surface area contributed by atoms with E-state index in [1.807, 2.05) is 91.9 Å². The topological polar surface area (TPSA) is 103 Å². The molecule has 1 saturated heterocycles. The van der Waals surface area contributed by atoms with Gasteiger partial charge in [0.05, 0.1) is 96.1 Å². The number of aliphatic hydroxyl groups is 1. The molecular weight excluding hydrogens is 1140 g/mol. The molecular formula is C66H86Br2O10Si. The number of methoxy groups -OCH3 is 1. The zero-order valence-electron chi connectivity index (χ0n) is 47.8. The molecule has 2 heterocycles. The fourth-order valence-electron chi connectivity index (χ4n) is 9.74. The van der Waals surface area contributed by atoms with Crippen LogP contribution in [-0.4, -0.2) is 88.7 Å². The molecule has 0 aromatic heterocycles. The molecule has 10 atom stereocenters. The molecule has 1 fully saturated rings. The van der Waals surface area contributed by atoms with Crippen LogP contribution in [0.3, 0.4) is 0 Å². The Morgan fingerprint density at radius 1 is 0.595 bits per heavy atom.